The van der Waals surface area contributed by atoms with Crippen LogP contribution in [0.25, 0.3) is 11.2 Å². The molecule has 0 aromatic carbocycles. The maximum absolute atomic E-state index is 5.68. The second kappa shape index (κ2) is 2.96. The molecule has 0 radical (unpaired) electrons. The van der Waals surface area contributed by atoms with Crippen LogP contribution in [0.5, 0.6) is 0 Å². The first-order valence-electron chi connectivity index (χ1n) is 4.04. The Balaban J connectivity index is 2.69. The van der Waals surface area contributed by atoms with E-state index in [1.807, 2.05) is 4.57 Å². The van der Waals surface area contributed by atoms with Crippen LogP contribution in [0.15, 0.2) is 12.4 Å². The molecule has 0 atom stereocenters. The molecule has 13 heavy (non-hydrogen) atoms. The molecule has 4 nitrogen and oxygen atoms in total. The fourth-order valence-electron chi connectivity index (χ4n) is 1.19. The van der Waals surface area contributed by atoms with Crippen molar-refractivity contribution in [3.63, 3.8) is 0 Å². The maximum atomic E-state index is 5.68. The monoisotopic (exact) mass is 196 g/mol. The summed E-state index contributed by atoms with van der Waals surface area (Å²) < 4.78 is 1.96. The molecule has 0 saturated carbocycles. The molecule has 0 N–H and O–H groups in total. The Morgan fingerprint density at radius 2 is 2.15 bits per heavy atom. The molecule has 0 aliphatic heterocycles. The van der Waals surface area contributed by atoms with Gasteiger partial charge in [-0.1, -0.05) is 11.6 Å². The molecule has 0 amide bonds. The number of aromatic nitrogens is 4. The van der Waals surface area contributed by atoms with Crippen molar-refractivity contribution in [1.29, 1.82) is 0 Å². The highest BCUT2D eigenvalue weighted by atomic mass is 35.5. The molecular weight excluding hydrogens is 188 g/mol. The quantitative estimate of drug-likeness (QED) is 0.701. The normalized spacial score (nSPS) is 11.4. The van der Waals surface area contributed by atoms with Gasteiger partial charge in [-0.25, -0.2) is 4.98 Å². The molecule has 2 heterocycles. The summed E-state index contributed by atoms with van der Waals surface area (Å²) in [5.74, 6) is 0. The number of rotatable bonds is 1. The lowest BCUT2D eigenvalue weighted by molar-refractivity contribution is 0.610. The van der Waals surface area contributed by atoms with Gasteiger partial charge in [-0.15, -0.1) is 10.2 Å². The molecule has 5 heteroatoms. The van der Waals surface area contributed by atoms with Crippen molar-refractivity contribution in [3.05, 3.63) is 17.5 Å². The molecular formula is C8H9ClN4. The van der Waals surface area contributed by atoms with Gasteiger partial charge in [0.1, 0.15) is 5.52 Å². The summed E-state index contributed by atoms with van der Waals surface area (Å²) in [4.78, 5) is 4.18. The molecule has 0 bridgehead atoms. The van der Waals surface area contributed by atoms with E-state index in [1.54, 1.807) is 12.4 Å². The summed E-state index contributed by atoms with van der Waals surface area (Å²) in [6, 6.07) is 2.04. The predicted octanol–water partition coefficient (Wildman–Crippen LogP) is 2.06. The average molecular weight is 197 g/mol. The third-order valence-electron chi connectivity index (χ3n) is 1.85. The number of imidazole rings is 1. The second-order valence-electron chi connectivity index (χ2n) is 3.12. The Bertz CT molecular complexity index is 435. The van der Waals surface area contributed by atoms with Gasteiger partial charge in [0.15, 0.2) is 10.8 Å². The predicted molar refractivity (Wildman–Crippen MR) is 50.7 cm³/mol. The summed E-state index contributed by atoms with van der Waals surface area (Å²) in [5, 5.41) is 8.13. The van der Waals surface area contributed by atoms with Gasteiger partial charge in [0, 0.05) is 12.1 Å². The van der Waals surface area contributed by atoms with Gasteiger partial charge in [-0.3, -0.25) is 0 Å². The summed E-state index contributed by atoms with van der Waals surface area (Å²) in [6.45, 7) is 4.13. The number of halogens is 1. The van der Waals surface area contributed by atoms with Gasteiger partial charge in [0.05, 0.1) is 6.33 Å². The van der Waals surface area contributed by atoms with Gasteiger partial charge in [0.2, 0.25) is 0 Å². The lowest BCUT2D eigenvalue weighted by Crippen LogP contribution is -2.00. The molecule has 2 rings (SSSR count). The van der Waals surface area contributed by atoms with Crippen molar-refractivity contribution in [3.8, 4) is 0 Å². The van der Waals surface area contributed by atoms with E-state index in [1.165, 1.54) is 0 Å². The van der Waals surface area contributed by atoms with Crippen molar-refractivity contribution in [2.75, 3.05) is 0 Å². The largest absolute Gasteiger partial charge is 0.311 e. The first-order chi connectivity index (χ1) is 6.18. The molecule has 2 aromatic rings. The fraction of sp³-hybridized carbons (Fsp3) is 0.375. The zero-order chi connectivity index (χ0) is 9.42. The van der Waals surface area contributed by atoms with Gasteiger partial charge >= 0.3 is 0 Å². The van der Waals surface area contributed by atoms with Crippen molar-refractivity contribution < 1.29 is 0 Å². The molecule has 0 fully saturated rings. The SMILES string of the molecule is CC(C)n1cnc2cc(Cl)nnc21. The third kappa shape index (κ3) is 1.37. The Kier molecular flexibility index (Phi) is 1.92. The van der Waals surface area contributed by atoms with Crippen LogP contribution in [-0.4, -0.2) is 19.7 Å². The van der Waals surface area contributed by atoms with Crippen LogP contribution in [0.4, 0.5) is 0 Å². The van der Waals surface area contributed by atoms with Gasteiger partial charge in [-0.2, -0.15) is 0 Å². The Labute approximate surface area is 80.6 Å². The van der Waals surface area contributed by atoms with E-state index in [9.17, 15) is 0 Å². The van der Waals surface area contributed by atoms with Crippen LogP contribution in [-0.2, 0) is 0 Å². The molecule has 0 aliphatic carbocycles. The standard InChI is InChI=1S/C8H9ClN4/c1-5(2)13-4-10-6-3-7(9)11-12-8(6)13/h3-5H,1-2H3. The highest BCUT2D eigenvalue weighted by Crippen LogP contribution is 2.16. The molecule has 0 spiro atoms. The van der Waals surface area contributed by atoms with E-state index in [0.29, 0.717) is 11.2 Å². The average Bonchev–Trinajstić information content (AvgIpc) is 2.46. The van der Waals surface area contributed by atoms with E-state index in [4.69, 9.17) is 11.6 Å². The number of fused-ring (bicyclic) bond motifs is 1. The summed E-state index contributed by atoms with van der Waals surface area (Å²) in [7, 11) is 0. The van der Waals surface area contributed by atoms with Crippen molar-refractivity contribution in [2.24, 2.45) is 0 Å². The number of nitrogens with zero attached hydrogens (tertiary/aromatic N) is 4. The van der Waals surface area contributed by atoms with Crippen LogP contribution >= 0.6 is 11.6 Å². The summed E-state index contributed by atoms with van der Waals surface area (Å²) in [6.07, 6.45) is 1.75. The Hall–Kier alpha value is -1.16. The minimum Gasteiger partial charge on any atom is -0.311 e. The zero-order valence-electron chi connectivity index (χ0n) is 7.40. The van der Waals surface area contributed by atoms with Crippen LogP contribution in [0.2, 0.25) is 5.15 Å². The van der Waals surface area contributed by atoms with Crippen molar-refractivity contribution in [1.82, 2.24) is 19.7 Å². The van der Waals surface area contributed by atoms with Crippen LogP contribution in [0.3, 0.4) is 0 Å². The topological polar surface area (TPSA) is 43.6 Å². The van der Waals surface area contributed by atoms with E-state index in [0.717, 1.165) is 11.2 Å². The number of hydrogen-bond donors (Lipinski definition) is 0. The number of hydrogen-bond acceptors (Lipinski definition) is 3. The molecule has 2 aromatic heterocycles. The van der Waals surface area contributed by atoms with Gasteiger partial charge in [-0.05, 0) is 13.8 Å². The highest BCUT2D eigenvalue weighted by molar-refractivity contribution is 6.29. The lowest BCUT2D eigenvalue weighted by atomic mass is 10.4. The summed E-state index contributed by atoms with van der Waals surface area (Å²) in [5.41, 5.74) is 1.56. The highest BCUT2D eigenvalue weighted by Gasteiger charge is 2.07. The smallest absolute Gasteiger partial charge is 0.182 e. The van der Waals surface area contributed by atoms with E-state index in [2.05, 4.69) is 29.0 Å². The fourth-order valence-corrected chi connectivity index (χ4v) is 1.33. The minimum absolute atomic E-state index is 0.334. The van der Waals surface area contributed by atoms with Crippen molar-refractivity contribution >= 4 is 22.8 Å². The van der Waals surface area contributed by atoms with Gasteiger partial charge < -0.3 is 4.57 Å². The first kappa shape index (κ1) is 8.44. The molecule has 0 saturated heterocycles. The Morgan fingerprint density at radius 3 is 2.85 bits per heavy atom. The van der Waals surface area contributed by atoms with Crippen LogP contribution in [0, 0.1) is 0 Å². The van der Waals surface area contributed by atoms with Crippen molar-refractivity contribution in [2.45, 2.75) is 19.9 Å². The van der Waals surface area contributed by atoms with E-state index in [-0.39, 0.29) is 0 Å². The third-order valence-corrected chi connectivity index (χ3v) is 2.03. The Morgan fingerprint density at radius 1 is 1.38 bits per heavy atom. The first-order valence-corrected chi connectivity index (χ1v) is 4.42. The van der Waals surface area contributed by atoms with E-state index >= 15 is 0 Å². The van der Waals surface area contributed by atoms with Crippen LogP contribution in [0.1, 0.15) is 19.9 Å². The van der Waals surface area contributed by atoms with Gasteiger partial charge in [0.25, 0.3) is 0 Å². The van der Waals surface area contributed by atoms with Crippen LogP contribution < -0.4 is 0 Å². The maximum Gasteiger partial charge on any atom is 0.182 e. The molecule has 0 unspecified atom stereocenters. The zero-order valence-corrected chi connectivity index (χ0v) is 8.15. The molecule has 68 valence electrons. The molecule has 0 aliphatic rings. The summed E-state index contributed by atoms with van der Waals surface area (Å²) >= 11 is 5.68. The second-order valence-corrected chi connectivity index (χ2v) is 3.51. The minimum atomic E-state index is 0.334. The van der Waals surface area contributed by atoms with E-state index < -0.39 is 0 Å². The lowest BCUT2D eigenvalue weighted by Gasteiger charge is -2.05.